The van der Waals surface area contributed by atoms with Crippen LogP contribution in [0.15, 0.2) is 28.9 Å². The highest BCUT2D eigenvalue weighted by atomic mass is 79.9. The van der Waals surface area contributed by atoms with Crippen LogP contribution in [0.25, 0.3) is 0 Å². The van der Waals surface area contributed by atoms with Gasteiger partial charge in [-0.25, -0.2) is 4.39 Å². The maximum Gasteiger partial charge on any atom is 0.141 e. The number of nitrogens with zero attached hydrogens (tertiary/aromatic N) is 2. The number of benzene rings is 1. The van der Waals surface area contributed by atoms with Crippen LogP contribution >= 0.6 is 27.5 Å². The van der Waals surface area contributed by atoms with Crippen LogP contribution in [0.3, 0.4) is 0 Å². The van der Waals surface area contributed by atoms with Gasteiger partial charge in [0.2, 0.25) is 0 Å². The summed E-state index contributed by atoms with van der Waals surface area (Å²) < 4.78 is 16.3. The summed E-state index contributed by atoms with van der Waals surface area (Å²) in [5, 5.41) is 7.96. The van der Waals surface area contributed by atoms with Crippen molar-refractivity contribution in [1.82, 2.24) is 15.1 Å². The summed E-state index contributed by atoms with van der Waals surface area (Å²) in [6, 6.07) is 4.75. The SMILES string of the molecule is CCCNC(c1ccc(F)c(Cl)c1)c1c(Br)cnn1CC. The third kappa shape index (κ3) is 3.65. The normalized spacial score (nSPS) is 12.6. The predicted octanol–water partition coefficient (Wildman–Crippen LogP) is 4.55. The van der Waals surface area contributed by atoms with E-state index in [1.807, 2.05) is 11.6 Å². The fourth-order valence-corrected chi connectivity index (χ4v) is 2.98. The average Bonchev–Trinajstić information content (AvgIpc) is 2.84. The number of aromatic nitrogens is 2. The average molecular weight is 375 g/mol. The van der Waals surface area contributed by atoms with Crippen LogP contribution in [0.5, 0.6) is 0 Å². The van der Waals surface area contributed by atoms with Crippen LogP contribution in [0.4, 0.5) is 4.39 Å². The van der Waals surface area contributed by atoms with Gasteiger partial charge in [0.15, 0.2) is 0 Å². The van der Waals surface area contributed by atoms with Crippen molar-refractivity contribution in [2.75, 3.05) is 6.54 Å². The second kappa shape index (κ2) is 7.38. The molecule has 0 aliphatic carbocycles. The van der Waals surface area contributed by atoms with Crippen LogP contribution in [-0.2, 0) is 6.54 Å². The van der Waals surface area contributed by atoms with Crippen molar-refractivity contribution in [3.05, 3.63) is 51.0 Å². The van der Waals surface area contributed by atoms with Crippen LogP contribution in [0.1, 0.15) is 37.6 Å². The predicted molar refractivity (Wildman–Crippen MR) is 87.1 cm³/mol. The molecule has 3 nitrogen and oxygen atoms in total. The lowest BCUT2D eigenvalue weighted by Gasteiger charge is -2.21. The number of hydrogen-bond donors (Lipinski definition) is 1. The quantitative estimate of drug-likeness (QED) is 0.804. The minimum absolute atomic E-state index is 0.0834. The van der Waals surface area contributed by atoms with Gasteiger partial charge in [-0.3, -0.25) is 4.68 Å². The molecule has 0 aliphatic heterocycles. The molecular formula is C15H18BrClFN3. The second-order valence-corrected chi connectivity index (χ2v) is 6.02. The van der Waals surface area contributed by atoms with Crippen LogP contribution in [-0.4, -0.2) is 16.3 Å². The molecule has 0 spiro atoms. The van der Waals surface area contributed by atoms with Gasteiger partial charge in [-0.1, -0.05) is 24.6 Å². The molecule has 1 unspecified atom stereocenters. The summed E-state index contributed by atoms with van der Waals surface area (Å²) >= 11 is 9.48. The smallest absolute Gasteiger partial charge is 0.141 e. The van der Waals surface area contributed by atoms with Gasteiger partial charge in [-0.2, -0.15) is 5.10 Å². The maximum absolute atomic E-state index is 13.4. The Morgan fingerprint density at radius 1 is 1.43 bits per heavy atom. The molecule has 0 aliphatic rings. The van der Waals surface area contributed by atoms with Gasteiger partial charge in [0.1, 0.15) is 5.82 Å². The van der Waals surface area contributed by atoms with Crippen molar-refractivity contribution in [2.24, 2.45) is 0 Å². The van der Waals surface area contributed by atoms with Gasteiger partial charge >= 0.3 is 0 Å². The molecule has 1 N–H and O–H groups in total. The lowest BCUT2D eigenvalue weighted by molar-refractivity contribution is 0.527. The molecule has 2 rings (SSSR count). The molecule has 1 aromatic carbocycles. The molecule has 0 fully saturated rings. The summed E-state index contributed by atoms with van der Waals surface area (Å²) in [5.74, 6) is -0.405. The number of nitrogens with one attached hydrogen (secondary N) is 1. The molecule has 0 saturated heterocycles. The Morgan fingerprint density at radius 2 is 2.19 bits per heavy atom. The summed E-state index contributed by atoms with van der Waals surface area (Å²) in [6.45, 7) is 5.76. The Hall–Kier alpha value is -0.910. The van der Waals surface area contributed by atoms with Gasteiger partial charge in [-0.05, 0) is 53.5 Å². The van der Waals surface area contributed by atoms with Gasteiger partial charge in [0.25, 0.3) is 0 Å². The zero-order valence-electron chi connectivity index (χ0n) is 12.0. The summed E-state index contributed by atoms with van der Waals surface area (Å²) in [7, 11) is 0. The van der Waals surface area contributed by atoms with Gasteiger partial charge in [-0.15, -0.1) is 0 Å². The van der Waals surface area contributed by atoms with Crippen molar-refractivity contribution in [1.29, 1.82) is 0 Å². The van der Waals surface area contributed by atoms with Crippen LogP contribution < -0.4 is 5.32 Å². The first-order valence-corrected chi connectivity index (χ1v) is 8.15. The van der Waals surface area contributed by atoms with Crippen molar-refractivity contribution in [3.8, 4) is 0 Å². The largest absolute Gasteiger partial charge is 0.305 e. The molecule has 1 atom stereocenters. The zero-order chi connectivity index (χ0) is 15.4. The van der Waals surface area contributed by atoms with E-state index in [-0.39, 0.29) is 11.1 Å². The van der Waals surface area contributed by atoms with E-state index in [9.17, 15) is 4.39 Å². The van der Waals surface area contributed by atoms with E-state index < -0.39 is 5.82 Å². The van der Waals surface area contributed by atoms with Gasteiger partial charge in [0.05, 0.1) is 27.4 Å². The fourth-order valence-electron chi connectivity index (χ4n) is 2.26. The first-order chi connectivity index (χ1) is 10.1. The fraction of sp³-hybridized carbons (Fsp3) is 0.400. The topological polar surface area (TPSA) is 29.9 Å². The van der Waals surface area contributed by atoms with Crippen LogP contribution in [0, 0.1) is 5.82 Å². The van der Waals surface area contributed by atoms with E-state index in [0.29, 0.717) is 0 Å². The van der Waals surface area contributed by atoms with Crippen molar-refractivity contribution >= 4 is 27.5 Å². The Morgan fingerprint density at radius 3 is 2.81 bits per heavy atom. The maximum atomic E-state index is 13.4. The molecule has 21 heavy (non-hydrogen) atoms. The summed E-state index contributed by atoms with van der Waals surface area (Å²) in [5.41, 5.74) is 1.94. The van der Waals surface area contributed by atoms with E-state index in [1.54, 1.807) is 18.3 Å². The lowest BCUT2D eigenvalue weighted by Crippen LogP contribution is -2.26. The van der Waals surface area contributed by atoms with Crippen molar-refractivity contribution in [2.45, 2.75) is 32.9 Å². The van der Waals surface area contributed by atoms with E-state index in [2.05, 4.69) is 33.3 Å². The first-order valence-electron chi connectivity index (χ1n) is 6.98. The lowest BCUT2D eigenvalue weighted by atomic mass is 10.0. The van der Waals surface area contributed by atoms with Crippen molar-refractivity contribution < 1.29 is 4.39 Å². The highest BCUT2D eigenvalue weighted by molar-refractivity contribution is 9.10. The van der Waals surface area contributed by atoms with E-state index in [4.69, 9.17) is 11.6 Å². The minimum atomic E-state index is -0.405. The number of hydrogen-bond acceptors (Lipinski definition) is 2. The molecule has 0 saturated carbocycles. The molecule has 0 radical (unpaired) electrons. The molecule has 6 heteroatoms. The number of rotatable bonds is 6. The van der Waals surface area contributed by atoms with E-state index >= 15 is 0 Å². The Labute approximate surface area is 137 Å². The highest BCUT2D eigenvalue weighted by Crippen LogP contribution is 2.30. The van der Waals surface area contributed by atoms with E-state index in [1.165, 1.54) is 6.07 Å². The van der Waals surface area contributed by atoms with E-state index in [0.717, 1.165) is 35.2 Å². The molecule has 0 bridgehead atoms. The standard InChI is InChI=1S/C15H18BrClFN3/c1-3-7-19-14(10-5-6-13(18)12(17)8-10)15-11(16)9-20-21(15)4-2/h5-6,8-9,14,19H,3-4,7H2,1-2H3. The Kier molecular flexibility index (Phi) is 5.79. The first kappa shape index (κ1) is 16.5. The second-order valence-electron chi connectivity index (χ2n) is 4.75. The Bertz CT molecular complexity index is 615. The summed E-state index contributed by atoms with van der Waals surface area (Å²) in [6.07, 6.45) is 2.79. The highest BCUT2D eigenvalue weighted by Gasteiger charge is 2.21. The van der Waals surface area contributed by atoms with Crippen LogP contribution in [0.2, 0.25) is 5.02 Å². The molecule has 114 valence electrons. The minimum Gasteiger partial charge on any atom is -0.305 e. The van der Waals surface area contributed by atoms with Crippen molar-refractivity contribution in [3.63, 3.8) is 0 Å². The third-order valence-corrected chi connectivity index (χ3v) is 4.18. The van der Waals surface area contributed by atoms with Gasteiger partial charge in [0, 0.05) is 6.54 Å². The molecule has 1 heterocycles. The zero-order valence-corrected chi connectivity index (χ0v) is 14.4. The summed E-state index contributed by atoms with van der Waals surface area (Å²) in [4.78, 5) is 0. The third-order valence-electron chi connectivity index (χ3n) is 3.28. The Balaban J connectivity index is 2.46. The van der Waals surface area contributed by atoms with Gasteiger partial charge < -0.3 is 5.32 Å². The molecule has 1 aromatic heterocycles. The monoisotopic (exact) mass is 373 g/mol. The number of halogens is 3. The molecule has 0 amide bonds. The molecule has 2 aromatic rings. The number of aryl methyl sites for hydroxylation is 1. The molecular weight excluding hydrogens is 357 g/mol.